The van der Waals surface area contributed by atoms with Crippen molar-refractivity contribution in [1.29, 1.82) is 0 Å². The monoisotopic (exact) mass is 698 g/mol. The predicted octanol–water partition coefficient (Wildman–Crippen LogP) is 17.2. The van der Waals surface area contributed by atoms with Gasteiger partial charge in [-0.3, -0.25) is 0 Å². The van der Waals surface area contributed by atoms with E-state index in [1.807, 2.05) is 0 Å². The fourth-order valence-corrected chi connectivity index (χ4v) is 10.3. The molecule has 0 bridgehead atoms. The molecular weight excluding hydrogens is 608 g/mol. The zero-order valence-corrected chi connectivity index (χ0v) is 35.4. The van der Waals surface area contributed by atoms with Crippen molar-refractivity contribution < 1.29 is 0 Å². The first-order valence-electron chi connectivity index (χ1n) is 22.5. The highest BCUT2D eigenvalue weighted by Crippen LogP contribution is 2.52. The average Bonchev–Trinajstić information content (AvgIpc) is 3.11. The molecule has 1 heteroatoms. The fourth-order valence-electron chi connectivity index (χ4n) is 7.88. The molecule has 0 aliphatic rings. The second-order valence-electron chi connectivity index (χ2n) is 16.7. The summed E-state index contributed by atoms with van der Waals surface area (Å²) in [7, 11) is -0.665. The number of benzene rings is 1. The first-order valence-corrected chi connectivity index (χ1v) is 25.6. The highest BCUT2D eigenvalue weighted by Gasteiger charge is 2.23. The number of aryl methyl sites for hydroxylation is 1. The second kappa shape index (κ2) is 34.5. The largest absolute Gasteiger partial charge is 0.0853 e. The van der Waals surface area contributed by atoms with Crippen LogP contribution in [0, 0.1) is 5.92 Å². The molecule has 49 heavy (non-hydrogen) atoms. The van der Waals surface area contributed by atoms with Gasteiger partial charge in [0, 0.05) is 20.6 Å². The Balaban J connectivity index is 1.97. The van der Waals surface area contributed by atoms with E-state index < -0.39 is 7.26 Å². The van der Waals surface area contributed by atoms with Gasteiger partial charge in [-0.2, -0.15) is 0 Å². The van der Waals surface area contributed by atoms with Crippen molar-refractivity contribution in [2.24, 2.45) is 5.92 Å². The van der Waals surface area contributed by atoms with Crippen molar-refractivity contribution >= 4 is 7.26 Å². The third-order valence-corrected chi connectivity index (χ3v) is 14.5. The van der Waals surface area contributed by atoms with Crippen molar-refractivity contribution in [2.45, 2.75) is 226 Å². The van der Waals surface area contributed by atoms with Crippen molar-refractivity contribution in [1.82, 2.24) is 0 Å². The maximum absolute atomic E-state index is 2.65. The van der Waals surface area contributed by atoms with Crippen LogP contribution >= 0.6 is 7.26 Å². The molecule has 0 radical (unpaired) electrons. The molecule has 0 amide bonds. The van der Waals surface area contributed by atoms with Gasteiger partial charge in [-0.25, -0.2) is 0 Å². The van der Waals surface area contributed by atoms with Gasteiger partial charge in [0.25, 0.3) is 0 Å². The molecule has 1 aromatic carbocycles. The summed E-state index contributed by atoms with van der Waals surface area (Å²) in [4.78, 5) is 0. The molecule has 1 atom stereocenters. The second-order valence-corrected chi connectivity index (χ2v) is 21.5. The lowest BCUT2D eigenvalue weighted by molar-refractivity contribution is 0.381. The van der Waals surface area contributed by atoms with Gasteiger partial charge in [0.1, 0.15) is 0 Å². The molecule has 0 nitrogen and oxygen atoms in total. The Kier molecular flexibility index (Phi) is 32.7. The molecule has 1 aromatic rings. The third kappa shape index (κ3) is 30.7. The summed E-state index contributed by atoms with van der Waals surface area (Å²) >= 11 is 0. The van der Waals surface area contributed by atoms with Crippen LogP contribution in [-0.4, -0.2) is 25.7 Å². The van der Waals surface area contributed by atoms with Crippen LogP contribution in [0.3, 0.4) is 0 Å². The lowest BCUT2D eigenvalue weighted by Gasteiger charge is -2.18. The van der Waals surface area contributed by atoms with Gasteiger partial charge in [-0.1, -0.05) is 198 Å². The lowest BCUT2D eigenvalue weighted by atomic mass is 9.89. The molecule has 1 unspecified atom stereocenters. The van der Waals surface area contributed by atoms with E-state index in [1.165, 1.54) is 211 Å². The van der Waals surface area contributed by atoms with E-state index in [4.69, 9.17) is 0 Å². The Morgan fingerprint density at radius 1 is 0.510 bits per heavy atom. The molecule has 0 aromatic heterocycles. The summed E-state index contributed by atoms with van der Waals surface area (Å²) in [6, 6.07) is 11.2. The Morgan fingerprint density at radius 3 is 1.49 bits per heavy atom. The van der Waals surface area contributed by atoms with E-state index in [1.54, 1.807) is 17.9 Å². The predicted molar refractivity (Wildman–Crippen MR) is 230 cm³/mol. The van der Waals surface area contributed by atoms with Gasteiger partial charge in [0.2, 0.25) is 0 Å². The van der Waals surface area contributed by atoms with E-state index >= 15 is 0 Å². The molecule has 0 aliphatic carbocycles. The van der Waals surface area contributed by atoms with Gasteiger partial charge in [0.05, 0.1) is 12.3 Å². The van der Waals surface area contributed by atoms with E-state index in [0.29, 0.717) is 0 Å². The normalized spacial score (nSPS) is 13.0. The smallest absolute Gasteiger partial charge is 0.0589 e. The highest BCUT2D eigenvalue weighted by molar-refractivity contribution is 7.74. The van der Waals surface area contributed by atoms with E-state index in [9.17, 15) is 0 Å². The van der Waals surface area contributed by atoms with Crippen LogP contribution in [0.15, 0.2) is 42.0 Å². The molecule has 0 N–H and O–H groups in total. The summed E-state index contributed by atoms with van der Waals surface area (Å²) < 4.78 is 0. The number of hydrogen-bond donors (Lipinski definition) is 0. The van der Waals surface area contributed by atoms with Gasteiger partial charge in [0.15, 0.2) is 0 Å². The van der Waals surface area contributed by atoms with Crippen LogP contribution in [0.2, 0.25) is 0 Å². The number of unbranched alkanes of at least 4 members (excludes halogenated alkanes) is 22. The first-order chi connectivity index (χ1) is 24.0. The summed E-state index contributed by atoms with van der Waals surface area (Å²) in [6.45, 7) is 12.3. The lowest BCUT2D eigenvalue weighted by Crippen LogP contribution is -2.03. The third-order valence-electron chi connectivity index (χ3n) is 11.5. The maximum Gasteiger partial charge on any atom is 0.0589 e. The Morgan fingerprint density at radius 2 is 0.959 bits per heavy atom. The average molecular weight is 698 g/mol. The van der Waals surface area contributed by atoms with Crippen LogP contribution < -0.4 is 0 Å². The molecule has 0 saturated heterocycles. The molecule has 286 valence electrons. The first kappa shape index (κ1) is 46.4. The molecule has 0 spiro atoms. The molecule has 0 saturated carbocycles. The van der Waals surface area contributed by atoms with E-state index in [-0.39, 0.29) is 0 Å². The molecular formula is C48H90P+. The molecule has 0 heterocycles. The van der Waals surface area contributed by atoms with Crippen molar-refractivity contribution in [3.63, 3.8) is 0 Å². The SMILES string of the molecule is CCCCCCC/C=C(/CC)CCCCCCCCCC[P+](C)(C)CCCCCCCCCCC(CCCCCC)CCc1ccccc1. The number of rotatable bonds is 37. The Labute approximate surface area is 311 Å². The van der Waals surface area contributed by atoms with Gasteiger partial charge in [-0.05, 0) is 82.1 Å². The fraction of sp³-hybridized carbons (Fsp3) is 0.833. The standard InChI is InChI=1S/C48H90P/c1-6-9-11-13-22-29-36-46(8-3)37-30-23-18-14-16-20-25-34-44-49(4,5)45-35-26-21-17-15-19-24-31-39-47(38-28-12-10-7-2)42-43-48-40-32-27-33-41-48/h27,32-33,36,40-41,47H,6-26,28-31,34-35,37-39,42-45H2,1-5H3/q+1/b46-36-. The van der Waals surface area contributed by atoms with Crippen LogP contribution in [0.5, 0.6) is 0 Å². The summed E-state index contributed by atoms with van der Waals surface area (Å²) in [5.74, 6) is 0.945. The summed E-state index contributed by atoms with van der Waals surface area (Å²) in [6.07, 6.45) is 51.4. The maximum atomic E-state index is 2.65. The van der Waals surface area contributed by atoms with Crippen LogP contribution in [0.25, 0.3) is 0 Å². The summed E-state index contributed by atoms with van der Waals surface area (Å²) in [5.41, 5.74) is 3.26. The van der Waals surface area contributed by atoms with Crippen LogP contribution in [0.1, 0.15) is 225 Å². The van der Waals surface area contributed by atoms with Crippen LogP contribution in [0.4, 0.5) is 0 Å². The van der Waals surface area contributed by atoms with Gasteiger partial charge >= 0.3 is 0 Å². The van der Waals surface area contributed by atoms with Crippen molar-refractivity contribution in [2.75, 3.05) is 25.7 Å². The molecule has 1 rings (SSSR count). The highest BCUT2D eigenvalue weighted by atomic mass is 31.2. The van der Waals surface area contributed by atoms with Gasteiger partial charge < -0.3 is 0 Å². The number of hydrogen-bond acceptors (Lipinski definition) is 0. The Hall–Kier alpha value is -0.610. The topological polar surface area (TPSA) is 0 Å². The zero-order valence-electron chi connectivity index (χ0n) is 34.5. The minimum absolute atomic E-state index is 0.665. The molecule has 0 aliphatic heterocycles. The van der Waals surface area contributed by atoms with Crippen LogP contribution in [-0.2, 0) is 6.42 Å². The quantitative estimate of drug-likeness (QED) is 0.0369. The minimum Gasteiger partial charge on any atom is -0.0853 e. The van der Waals surface area contributed by atoms with E-state index in [2.05, 4.69) is 70.5 Å². The van der Waals surface area contributed by atoms with Gasteiger partial charge in [-0.15, -0.1) is 0 Å². The van der Waals surface area contributed by atoms with Crippen molar-refractivity contribution in [3.8, 4) is 0 Å². The van der Waals surface area contributed by atoms with Crippen molar-refractivity contribution in [3.05, 3.63) is 47.5 Å². The zero-order chi connectivity index (χ0) is 35.5. The number of allylic oxidation sites excluding steroid dienone is 2. The molecule has 0 fully saturated rings. The van der Waals surface area contributed by atoms with E-state index in [0.717, 1.165) is 5.92 Å². The Bertz CT molecular complexity index is 823. The summed E-state index contributed by atoms with van der Waals surface area (Å²) in [5, 5.41) is 0. The minimum atomic E-state index is -0.665.